The summed E-state index contributed by atoms with van der Waals surface area (Å²) in [5.41, 5.74) is 0.833. The van der Waals surface area contributed by atoms with Gasteiger partial charge >= 0.3 is 5.97 Å². The SMILES string of the molecule is CC1=CCNC1=O.COC(=O)C=N. The van der Waals surface area contributed by atoms with Crippen molar-refractivity contribution < 1.29 is 14.3 Å². The van der Waals surface area contributed by atoms with Crippen molar-refractivity contribution in [2.45, 2.75) is 6.92 Å². The average Bonchev–Trinajstić information content (AvgIpc) is 2.51. The number of nitrogens with one attached hydrogen (secondary N) is 2. The monoisotopic (exact) mass is 184 g/mol. The van der Waals surface area contributed by atoms with E-state index >= 15 is 0 Å². The molecule has 0 atom stereocenters. The molecule has 72 valence electrons. The van der Waals surface area contributed by atoms with Crippen LogP contribution in [0.25, 0.3) is 0 Å². The molecular weight excluding hydrogens is 172 g/mol. The van der Waals surface area contributed by atoms with Crippen molar-refractivity contribution in [2.75, 3.05) is 13.7 Å². The van der Waals surface area contributed by atoms with E-state index in [2.05, 4.69) is 10.1 Å². The summed E-state index contributed by atoms with van der Waals surface area (Å²) in [4.78, 5) is 20.1. The highest BCUT2D eigenvalue weighted by atomic mass is 16.5. The van der Waals surface area contributed by atoms with Gasteiger partial charge in [-0.05, 0) is 6.92 Å². The summed E-state index contributed by atoms with van der Waals surface area (Å²) in [5, 5.41) is 8.85. The number of carbonyl (C=O) groups excluding carboxylic acids is 2. The Morgan fingerprint density at radius 3 is 2.46 bits per heavy atom. The van der Waals surface area contributed by atoms with Crippen LogP contribution in [0, 0.1) is 5.41 Å². The van der Waals surface area contributed by atoms with E-state index in [1.807, 2.05) is 13.0 Å². The molecule has 0 saturated heterocycles. The van der Waals surface area contributed by atoms with Gasteiger partial charge in [-0.2, -0.15) is 0 Å². The predicted molar refractivity (Wildman–Crippen MR) is 47.6 cm³/mol. The molecule has 5 nitrogen and oxygen atoms in total. The maximum absolute atomic E-state index is 10.4. The Kier molecular flexibility index (Phi) is 5.18. The molecule has 1 rings (SSSR count). The fraction of sp³-hybridized carbons (Fsp3) is 0.375. The third-order valence-corrected chi connectivity index (χ3v) is 1.35. The fourth-order valence-electron chi connectivity index (χ4n) is 0.588. The lowest BCUT2D eigenvalue weighted by atomic mass is 10.3. The molecule has 0 aromatic heterocycles. The highest BCUT2D eigenvalue weighted by Gasteiger charge is 2.06. The van der Waals surface area contributed by atoms with Gasteiger partial charge in [-0.1, -0.05) is 6.08 Å². The zero-order chi connectivity index (χ0) is 10.3. The van der Waals surface area contributed by atoms with Gasteiger partial charge < -0.3 is 15.5 Å². The molecule has 0 fully saturated rings. The lowest BCUT2D eigenvalue weighted by molar-refractivity contribution is -0.132. The van der Waals surface area contributed by atoms with E-state index in [1.54, 1.807) is 0 Å². The van der Waals surface area contributed by atoms with Crippen LogP contribution in [0.4, 0.5) is 0 Å². The van der Waals surface area contributed by atoms with E-state index in [0.29, 0.717) is 12.8 Å². The fourth-order valence-corrected chi connectivity index (χ4v) is 0.588. The number of carbonyl (C=O) groups is 2. The first-order chi connectivity index (χ1) is 6.11. The van der Waals surface area contributed by atoms with Gasteiger partial charge in [0.1, 0.15) is 6.21 Å². The van der Waals surface area contributed by atoms with E-state index in [1.165, 1.54) is 7.11 Å². The van der Waals surface area contributed by atoms with Gasteiger partial charge in [0.05, 0.1) is 7.11 Å². The van der Waals surface area contributed by atoms with Crippen molar-refractivity contribution >= 4 is 18.1 Å². The smallest absolute Gasteiger partial charge is 0.348 e. The Bertz CT molecular complexity index is 246. The Morgan fingerprint density at radius 1 is 1.77 bits per heavy atom. The van der Waals surface area contributed by atoms with E-state index in [4.69, 9.17) is 5.41 Å². The summed E-state index contributed by atoms with van der Waals surface area (Å²) >= 11 is 0. The van der Waals surface area contributed by atoms with Crippen LogP contribution in [0.5, 0.6) is 0 Å². The van der Waals surface area contributed by atoms with Crippen LogP contribution in [0.1, 0.15) is 6.92 Å². The van der Waals surface area contributed by atoms with Crippen LogP contribution < -0.4 is 5.32 Å². The van der Waals surface area contributed by atoms with Gasteiger partial charge in [-0.15, -0.1) is 0 Å². The van der Waals surface area contributed by atoms with Crippen LogP contribution in [0.15, 0.2) is 11.6 Å². The van der Waals surface area contributed by atoms with Crippen molar-refractivity contribution in [3.63, 3.8) is 0 Å². The first-order valence-electron chi connectivity index (χ1n) is 3.65. The molecule has 1 amide bonds. The van der Waals surface area contributed by atoms with Gasteiger partial charge in [0.25, 0.3) is 0 Å². The molecule has 0 saturated carbocycles. The maximum Gasteiger partial charge on any atom is 0.348 e. The molecule has 0 aromatic carbocycles. The summed E-state index contributed by atoms with van der Waals surface area (Å²) < 4.78 is 4.02. The number of methoxy groups -OCH3 is 1. The second-order valence-electron chi connectivity index (χ2n) is 2.26. The predicted octanol–water partition coefficient (Wildman–Crippen LogP) is -0.129. The number of ether oxygens (including phenoxy) is 1. The van der Waals surface area contributed by atoms with Crippen molar-refractivity contribution in [3.05, 3.63) is 11.6 Å². The standard InChI is InChI=1S/C5H7NO.C3H5NO2/c1-4-2-3-6-5(4)7;1-6-3(5)2-4/h2H,3H2,1H3,(H,6,7);2,4H,1H3. The van der Waals surface area contributed by atoms with E-state index in [9.17, 15) is 9.59 Å². The number of amides is 1. The minimum atomic E-state index is -0.616. The minimum Gasteiger partial charge on any atom is -0.465 e. The quantitative estimate of drug-likeness (QED) is 0.440. The molecule has 1 heterocycles. The van der Waals surface area contributed by atoms with Crippen molar-refractivity contribution in [2.24, 2.45) is 0 Å². The second kappa shape index (κ2) is 5.93. The highest BCUT2D eigenvalue weighted by molar-refractivity contribution is 6.21. The van der Waals surface area contributed by atoms with Gasteiger partial charge in [-0.25, -0.2) is 4.79 Å². The Balaban J connectivity index is 0.000000226. The van der Waals surface area contributed by atoms with E-state index < -0.39 is 5.97 Å². The minimum absolute atomic E-state index is 0.0694. The second-order valence-corrected chi connectivity index (χ2v) is 2.26. The highest BCUT2D eigenvalue weighted by Crippen LogP contribution is 1.95. The first kappa shape index (κ1) is 11.4. The van der Waals surface area contributed by atoms with Crippen molar-refractivity contribution in [3.8, 4) is 0 Å². The summed E-state index contributed by atoms with van der Waals surface area (Å²) in [5.74, 6) is -0.546. The molecule has 2 N–H and O–H groups in total. The molecular formula is C8H12N2O3. The maximum atomic E-state index is 10.4. The molecule has 1 aliphatic rings. The largest absolute Gasteiger partial charge is 0.465 e. The van der Waals surface area contributed by atoms with Crippen LogP contribution in [0.3, 0.4) is 0 Å². The van der Waals surface area contributed by atoms with Crippen molar-refractivity contribution in [1.29, 1.82) is 5.41 Å². The third kappa shape index (κ3) is 4.73. The zero-order valence-corrected chi connectivity index (χ0v) is 7.59. The van der Waals surface area contributed by atoms with Crippen LogP contribution in [-0.2, 0) is 14.3 Å². The molecule has 0 aromatic rings. The molecule has 1 aliphatic heterocycles. The van der Waals surface area contributed by atoms with Crippen LogP contribution in [0.2, 0.25) is 0 Å². The van der Waals surface area contributed by atoms with E-state index in [-0.39, 0.29) is 5.91 Å². The summed E-state index contributed by atoms with van der Waals surface area (Å²) in [6.45, 7) is 2.52. The first-order valence-corrected chi connectivity index (χ1v) is 3.65. The van der Waals surface area contributed by atoms with E-state index in [0.717, 1.165) is 5.57 Å². The summed E-state index contributed by atoms with van der Waals surface area (Å²) in [6, 6.07) is 0. The average molecular weight is 184 g/mol. The van der Waals surface area contributed by atoms with Crippen LogP contribution >= 0.6 is 0 Å². The molecule has 13 heavy (non-hydrogen) atoms. The topological polar surface area (TPSA) is 79.2 Å². The van der Waals surface area contributed by atoms with Gasteiger partial charge in [0.15, 0.2) is 0 Å². The molecule has 0 spiro atoms. The zero-order valence-electron chi connectivity index (χ0n) is 7.59. The number of rotatable bonds is 1. The number of hydrogen-bond donors (Lipinski definition) is 2. The van der Waals surface area contributed by atoms with Gasteiger partial charge in [-0.3, -0.25) is 4.79 Å². The molecule has 5 heteroatoms. The number of hydrogen-bond acceptors (Lipinski definition) is 4. The molecule has 0 radical (unpaired) electrons. The summed E-state index contributed by atoms with van der Waals surface area (Å²) in [7, 11) is 1.23. The lowest BCUT2D eigenvalue weighted by Gasteiger charge is -1.85. The Morgan fingerprint density at radius 2 is 2.38 bits per heavy atom. The van der Waals surface area contributed by atoms with Crippen LogP contribution in [-0.4, -0.2) is 31.7 Å². The lowest BCUT2D eigenvalue weighted by Crippen LogP contribution is -2.15. The molecule has 0 unspecified atom stereocenters. The molecule has 0 aliphatic carbocycles. The molecule has 0 bridgehead atoms. The van der Waals surface area contributed by atoms with Gasteiger partial charge in [0.2, 0.25) is 5.91 Å². The number of esters is 1. The Labute approximate surface area is 76.3 Å². The normalized spacial score (nSPS) is 13.4. The van der Waals surface area contributed by atoms with Crippen molar-refractivity contribution in [1.82, 2.24) is 5.32 Å². The Hall–Kier alpha value is -1.65. The summed E-state index contributed by atoms with van der Waals surface area (Å²) in [6.07, 6.45) is 2.49. The van der Waals surface area contributed by atoms with Gasteiger partial charge in [0, 0.05) is 12.1 Å². The third-order valence-electron chi connectivity index (χ3n) is 1.35.